The molecule has 3 aliphatic heterocycles. The molecule has 0 saturated carbocycles. The minimum atomic E-state index is 0. The number of para-hydroxylation sites is 1. The van der Waals surface area contributed by atoms with E-state index in [9.17, 15) is 4.79 Å². The lowest BCUT2D eigenvalue weighted by Crippen LogP contribution is -2.48. The van der Waals surface area contributed by atoms with Crippen LogP contribution < -0.4 is 5.32 Å². The number of benzene rings is 1. The lowest BCUT2D eigenvalue weighted by Gasteiger charge is -2.36. The van der Waals surface area contributed by atoms with Crippen LogP contribution in [0.3, 0.4) is 0 Å². The van der Waals surface area contributed by atoms with Crippen LogP contribution in [0.4, 0.5) is 0 Å². The molecule has 1 aromatic carbocycles. The van der Waals surface area contributed by atoms with Crippen molar-refractivity contribution in [3.05, 3.63) is 29.5 Å². The second-order valence-corrected chi connectivity index (χ2v) is 8.03. The molecule has 0 spiro atoms. The summed E-state index contributed by atoms with van der Waals surface area (Å²) in [5.41, 5.74) is 3.12. The highest BCUT2D eigenvalue weighted by molar-refractivity contribution is 6.05. The van der Waals surface area contributed by atoms with Crippen molar-refractivity contribution < 1.29 is 4.79 Å². The summed E-state index contributed by atoms with van der Waals surface area (Å²) in [4.78, 5) is 15.5. The first-order valence-electron chi connectivity index (χ1n) is 9.72. The van der Waals surface area contributed by atoms with Crippen LogP contribution in [0, 0.1) is 0 Å². The highest BCUT2D eigenvalue weighted by atomic mass is 35.5. The molecule has 1 amide bonds. The first-order valence-corrected chi connectivity index (χ1v) is 9.72. The number of nitrogens with zero attached hydrogens (tertiary/aromatic N) is 3. The van der Waals surface area contributed by atoms with Gasteiger partial charge in [0, 0.05) is 30.1 Å². The zero-order valence-corrected chi connectivity index (χ0v) is 16.1. The highest BCUT2D eigenvalue weighted by Gasteiger charge is 2.39. The molecule has 26 heavy (non-hydrogen) atoms. The van der Waals surface area contributed by atoms with Gasteiger partial charge in [-0.2, -0.15) is 5.10 Å². The fourth-order valence-corrected chi connectivity index (χ4v) is 5.20. The lowest BCUT2D eigenvalue weighted by molar-refractivity contribution is 0.0878. The number of hydrogen-bond donors (Lipinski definition) is 1. The van der Waals surface area contributed by atoms with Crippen molar-refractivity contribution in [1.82, 2.24) is 20.0 Å². The van der Waals surface area contributed by atoms with Gasteiger partial charge in [-0.3, -0.25) is 9.48 Å². The van der Waals surface area contributed by atoms with Crippen LogP contribution in [0.5, 0.6) is 0 Å². The number of nitrogens with one attached hydrogen (secondary N) is 1. The second kappa shape index (κ2) is 6.86. The van der Waals surface area contributed by atoms with Crippen LogP contribution in [0.15, 0.2) is 18.2 Å². The van der Waals surface area contributed by atoms with E-state index in [2.05, 4.69) is 40.1 Å². The van der Waals surface area contributed by atoms with Crippen molar-refractivity contribution >= 4 is 29.2 Å². The third kappa shape index (κ3) is 2.81. The number of rotatable bonds is 2. The van der Waals surface area contributed by atoms with Crippen LogP contribution in [0.25, 0.3) is 10.9 Å². The number of piperidine rings is 1. The fraction of sp³-hybridized carbons (Fsp3) is 0.600. The minimum absolute atomic E-state index is 0. The quantitative estimate of drug-likeness (QED) is 0.878. The average molecular weight is 375 g/mol. The zero-order chi connectivity index (χ0) is 17.0. The summed E-state index contributed by atoms with van der Waals surface area (Å²) in [5.74, 6) is 0.00965. The SMILES string of the molecule is CN1C2CCC1CC(NC(=O)c1nn3c4c(cccc14)CCCC3)C2.Cl. The van der Waals surface area contributed by atoms with E-state index in [0.717, 1.165) is 37.6 Å². The van der Waals surface area contributed by atoms with E-state index in [1.54, 1.807) is 0 Å². The molecular weight excluding hydrogens is 348 g/mol. The summed E-state index contributed by atoms with van der Waals surface area (Å²) >= 11 is 0. The van der Waals surface area contributed by atoms with E-state index < -0.39 is 0 Å². The molecule has 1 aromatic heterocycles. The number of aryl methyl sites for hydroxylation is 2. The Morgan fingerprint density at radius 3 is 2.73 bits per heavy atom. The predicted molar refractivity (Wildman–Crippen MR) is 105 cm³/mol. The fourth-order valence-electron chi connectivity index (χ4n) is 5.20. The Bertz CT molecular complexity index is 819. The molecule has 2 atom stereocenters. The molecule has 5 nitrogen and oxygen atoms in total. The van der Waals surface area contributed by atoms with Gasteiger partial charge in [0.2, 0.25) is 0 Å². The summed E-state index contributed by atoms with van der Waals surface area (Å²) in [6.45, 7) is 0.916. The molecule has 3 aliphatic rings. The average Bonchev–Trinajstić information content (AvgIpc) is 2.96. The van der Waals surface area contributed by atoms with E-state index in [1.807, 2.05) is 0 Å². The van der Waals surface area contributed by atoms with Gasteiger partial charge in [-0.1, -0.05) is 18.2 Å². The van der Waals surface area contributed by atoms with Gasteiger partial charge in [-0.25, -0.2) is 0 Å². The molecule has 0 aliphatic carbocycles. The smallest absolute Gasteiger partial charge is 0.272 e. The van der Waals surface area contributed by atoms with E-state index in [4.69, 9.17) is 5.10 Å². The van der Waals surface area contributed by atoms with Crippen molar-refractivity contribution in [2.75, 3.05) is 7.05 Å². The van der Waals surface area contributed by atoms with Gasteiger partial charge in [-0.05, 0) is 57.6 Å². The molecule has 6 heteroatoms. The van der Waals surface area contributed by atoms with Crippen LogP contribution in [-0.4, -0.2) is 45.8 Å². The number of fused-ring (bicyclic) bond motifs is 2. The summed E-state index contributed by atoms with van der Waals surface area (Å²) in [5, 5.41) is 9.03. The van der Waals surface area contributed by atoms with Crippen molar-refractivity contribution in [3.8, 4) is 0 Å². The third-order valence-corrected chi connectivity index (χ3v) is 6.57. The molecule has 2 bridgehead atoms. The Morgan fingerprint density at radius 2 is 1.96 bits per heavy atom. The van der Waals surface area contributed by atoms with Crippen molar-refractivity contribution in [2.24, 2.45) is 0 Å². The maximum Gasteiger partial charge on any atom is 0.272 e. The van der Waals surface area contributed by atoms with Gasteiger partial charge >= 0.3 is 0 Å². The molecule has 5 rings (SSSR count). The third-order valence-electron chi connectivity index (χ3n) is 6.57. The summed E-state index contributed by atoms with van der Waals surface area (Å²) < 4.78 is 2.06. The van der Waals surface area contributed by atoms with Gasteiger partial charge < -0.3 is 10.2 Å². The molecule has 2 aromatic rings. The van der Waals surface area contributed by atoms with Crippen LogP contribution in [0.1, 0.15) is 54.6 Å². The van der Waals surface area contributed by atoms with Crippen LogP contribution >= 0.6 is 12.4 Å². The number of amides is 1. The Hall–Kier alpha value is -1.59. The molecule has 2 fully saturated rings. The first kappa shape index (κ1) is 17.8. The molecule has 0 radical (unpaired) electrons. The number of carbonyl (C=O) groups is 1. The Morgan fingerprint density at radius 1 is 1.19 bits per heavy atom. The number of carbonyl (C=O) groups excluding carboxylic acids is 1. The van der Waals surface area contributed by atoms with Gasteiger partial charge in [0.1, 0.15) is 0 Å². The molecule has 2 unspecified atom stereocenters. The van der Waals surface area contributed by atoms with E-state index >= 15 is 0 Å². The van der Waals surface area contributed by atoms with Gasteiger partial charge in [-0.15, -0.1) is 12.4 Å². The Kier molecular flexibility index (Phi) is 4.70. The van der Waals surface area contributed by atoms with Crippen molar-refractivity contribution in [1.29, 1.82) is 0 Å². The number of aromatic nitrogens is 2. The topological polar surface area (TPSA) is 50.2 Å². The molecule has 140 valence electrons. The largest absolute Gasteiger partial charge is 0.348 e. The predicted octanol–water partition coefficient (Wildman–Crippen LogP) is 3.15. The van der Waals surface area contributed by atoms with E-state index in [-0.39, 0.29) is 24.4 Å². The summed E-state index contributed by atoms with van der Waals surface area (Å²) in [7, 11) is 2.23. The zero-order valence-electron chi connectivity index (χ0n) is 15.3. The standard InChI is InChI=1S/C20H26N4O.ClH/c1-23-15-8-9-16(23)12-14(11-15)21-20(25)18-17-7-4-6-13-5-2-3-10-24(22-18)19(13)17;/h4,6-7,14-16H,2-3,5,8-12H2,1H3,(H,21,25);1H. The van der Waals surface area contributed by atoms with Crippen molar-refractivity contribution in [2.45, 2.75) is 69.6 Å². The van der Waals surface area contributed by atoms with Crippen molar-refractivity contribution in [3.63, 3.8) is 0 Å². The van der Waals surface area contributed by atoms with Crippen LogP contribution in [-0.2, 0) is 13.0 Å². The Balaban J connectivity index is 0.00000168. The molecule has 2 saturated heterocycles. The second-order valence-electron chi connectivity index (χ2n) is 8.03. The van der Waals surface area contributed by atoms with Gasteiger partial charge in [0.15, 0.2) is 5.69 Å². The maximum absolute atomic E-state index is 13.0. The normalized spacial score (nSPS) is 27.8. The highest BCUT2D eigenvalue weighted by Crippen LogP contribution is 2.34. The summed E-state index contributed by atoms with van der Waals surface area (Å²) in [6, 6.07) is 7.87. The number of hydrogen-bond acceptors (Lipinski definition) is 3. The first-order chi connectivity index (χ1) is 12.2. The molecule has 1 N–H and O–H groups in total. The van der Waals surface area contributed by atoms with Gasteiger partial charge in [0.05, 0.1) is 5.52 Å². The lowest BCUT2D eigenvalue weighted by atomic mass is 9.97. The maximum atomic E-state index is 13.0. The monoisotopic (exact) mass is 374 g/mol. The summed E-state index contributed by atoms with van der Waals surface area (Å²) in [6.07, 6.45) is 8.10. The molecule has 4 heterocycles. The Labute approximate surface area is 160 Å². The van der Waals surface area contributed by atoms with Gasteiger partial charge in [0.25, 0.3) is 5.91 Å². The van der Waals surface area contributed by atoms with E-state index in [0.29, 0.717) is 17.8 Å². The minimum Gasteiger partial charge on any atom is -0.348 e. The van der Waals surface area contributed by atoms with Crippen LogP contribution in [0.2, 0.25) is 0 Å². The van der Waals surface area contributed by atoms with E-state index in [1.165, 1.54) is 30.3 Å². The number of halogens is 1. The molecular formula is C20H27ClN4O.